The average molecular weight is 488 g/mol. The number of hydrogen-bond acceptors (Lipinski definition) is 6. The van der Waals surface area contributed by atoms with Crippen LogP contribution in [0.3, 0.4) is 0 Å². The number of piperazine rings is 1. The summed E-state index contributed by atoms with van der Waals surface area (Å²) in [4.78, 5) is 29.7. The molecule has 7 nitrogen and oxygen atoms in total. The van der Waals surface area contributed by atoms with Gasteiger partial charge < -0.3 is 19.1 Å². The van der Waals surface area contributed by atoms with Gasteiger partial charge in [-0.25, -0.2) is 4.98 Å². The van der Waals surface area contributed by atoms with E-state index in [1.807, 2.05) is 41.4 Å². The van der Waals surface area contributed by atoms with E-state index in [-0.39, 0.29) is 17.2 Å². The number of pyridine rings is 1. The smallest absolute Gasteiger partial charge is 0.230 e. The fourth-order valence-electron chi connectivity index (χ4n) is 5.11. The van der Waals surface area contributed by atoms with E-state index in [4.69, 9.17) is 9.40 Å². The number of oxazole rings is 1. The summed E-state index contributed by atoms with van der Waals surface area (Å²) in [5.41, 5.74) is 4.84. The number of nitrogens with zero attached hydrogens (tertiary/aromatic N) is 5. The van der Waals surface area contributed by atoms with E-state index in [0.29, 0.717) is 6.42 Å². The lowest BCUT2D eigenvalue weighted by Gasteiger charge is -2.36. The zero-order chi connectivity index (χ0) is 25.3. The van der Waals surface area contributed by atoms with E-state index in [0.717, 1.165) is 74.1 Å². The molecule has 0 spiro atoms. The van der Waals surface area contributed by atoms with Crippen molar-refractivity contribution >= 4 is 17.3 Å². The number of carbonyl (C=O) groups is 1. The van der Waals surface area contributed by atoms with E-state index < -0.39 is 0 Å². The zero-order valence-corrected chi connectivity index (χ0v) is 21.9. The number of likely N-dealkylation sites (N-methyl/N-ethyl adjacent to an activating group) is 1. The van der Waals surface area contributed by atoms with Crippen LogP contribution in [-0.4, -0.2) is 60.5 Å². The van der Waals surface area contributed by atoms with Crippen molar-refractivity contribution in [2.24, 2.45) is 5.92 Å². The van der Waals surface area contributed by atoms with Crippen LogP contribution >= 0.6 is 0 Å². The fourth-order valence-corrected chi connectivity index (χ4v) is 5.11. The van der Waals surface area contributed by atoms with Crippen LogP contribution in [0.2, 0.25) is 0 Å². The summed E-state index contributed by atoms with van der Waals surface area (Å²) < 4.78 is 5.69. The van der Waals surface area contributed by atoms with Gasteiger partial charge >= 0.3 is 0 Å². The van der Waals surface area contributed by atoms with Gasteiger partial charge in [0.05, 0.1) is 11.4 Å². The standard InChI is InChI=1S/C29H37N5O2/c1-29(2,3)28-31-25(20-36-28)21-9-11-23(12-10-21)34-14-6-7-22(27(34)35)19-24-26(8-5-13-30-24)33-17-15-32(4)16-18-33/h5,8-13,20,22H,6-7,14-19H2,1-4H3. The van der Waals surface area contributed by atoms with Gasteiger partial charge in [0.15, 0.2) is 5.89 Å². The lowest BCUT2D eigenvalue weighted by molar-refractivity contribution is -0.123. The Morgan fingerprint density at radius 1 is 1.03 bits per heavy atom. The van der Waals surface area contributed by atoms with Gasteiger partial charge in [0, 0.05) is 67.9 Å². The summed E-state index contributed by atoms with van der Waals surface area (Å²) in [6, 6.07) is 12.3. The van der Waals surface area contributed by atoms with E-state index in [1.54, 1.807) is 6.26 Å². The molecule has 2 aromatic heterocycles. The first-order chi connectivity index (χ1) is 17.3. The van der Waals surface area contributed by atoms with Crippen LogP contribution in [0.25, 0.3) is 11.3 Å². The van der Waals surface area contributed by atoms with Crippen LogP contribution < -0.4 is 9.80 Å². The molecule has 0 bridgehead atoms. The Balaban J connectivity index is 1.30. The lowest BCUT2D eigenvalue weighted by atomic mass is 9.91. The molecule has 1 atom stereocenters. The van der Waals surface area contributed by atoms with Crippen LogP contribution in [0.1, 0.15) is 45.2 Å². The summed E-state index contributed by atoms with van der Waals surface area (Å²) in [5.74, 6) is 0.867. The highest BCUT2D eigenvalue weighted by Crippen LogP contribution is 2.31. The van der Waals surface area contributed by atoms with Crippen molar-refractivity contribution in [2.45, 2.75) is 45.4 Å². The number of amides is 1. The Hall–Kier alpha value is -3.19. The lowest BCUT2D eigenvalue weighted by Crippen LogP contribution is -2.45. The summed E-state index contributed by atoms with van der Waals surface area (Å²) >= 11 is 0. The minimum Gasteiger partial charge on any atom is -0.448 e. The molecule has 2 saturated heterocycles. The number of carbonyl (C=O) groups excluding carboxylic acids is 1. The quantitative estimate of drug-likeness (QED) is 0.516. The van der Waals surface area contributed by atoms with Crippen molar-refractivity contribution in [1.29, 1.82) is 0 Å². The number of aromatic nitrogens is 2. The predicted molar refractivity (Wildman–Crippen MR) is 143 cm³/mol. The van der Waals surface area contributed by atoms with Crippen LogP contribution in [-0.2, 0) is 16.6 Å². The highest BCUT2D eigenvalue weighted by Gasteiger charge is 2.31. The third-order valence-corrected chi connectivity index (χ3v) is 7.32. The monoisotopic (exact) mass is 487 g/mol. The largest absolute Gasteiger partial charge is 0.448 e. The topological polar surface area (TPSA) is 65.7 Å². The van der Waals surface area contributed by atoms with Gasteiger partial charge in [-0.15, -0.1) is 0 Å². The van der Waals surface area contributed by atoms with Crippen molar-refractivity contribution in [3.63, 3.8) is 0 Å². The minimum atomic E-state index is -0.134. The fraction of sp³-hybridized carbons (Fsp3) is 0.483. The second-order valence-corrected chi connectivity index (χ2v) is 11.1. The van der Waals surface area contributed by atoms with Crippen LogP contribution in [0.15, 0.2) is 53.3 Å². The van der Waals surface area contributed by atoms with Gasteiger partial charge in [-0.1, -0.05) is 32.9 Å². The molecule has 1 unspecified atom stereocenters. The second-order valence-electron chi connectivity index (χ2n) is 11.1. The van der Waals surface area contributed by atoms with Gasteiger partial charge in [-0.3, -0.25) is 9.78 Å². The van der Waals surface area contributed by atoms with Crippen molar-refractivity contribution in [2.75, 3.05) is 49.6 Å². The maximum absolute atomic E-state index is 13.6. The highest BCUT2D eigenvalue weighted by atomic mass is 16.3. The first-order valence-corrected chi connectivity index (χ1v) is 13.0. The van der Waals surface area contributed by atoms with Crippen molar-refractivity contribution in [3.8, 4) is 11.3 Å². The van der Waals surface area contributed by atoms with Gasteiger partial charge in [-0.05, 0) is 44.2 Å². The van der Waals surface area contributed by atoms with E-state index in [2.05, 4.69) is 48.7 Å². The molecule has 2 aliphatic heterocycles. The molecule has 0 saturated carbocycles. The molecule has 0 aliphatic carbocycles. The molecule has 1 amide bonds. The molecular weight excluding hydrogens is 450 g/mol. The first kappa shape index (κ1) is 24.5. The van der Waals surface area contributed by atoms with Crippen LogP contribution in [0, 0.1) is 5.92 Å². The molecule has 190 valence electrons. The maximum Gasteiger partial charge on any atom is 0.230 e. The summed E-state index contributed by atoms with van der Waals surface area (Å²) in [6.45, 7) is 11.1. The SMILES string of the molecule is CN1CCN(c2cccnc2CC2CCCN(c3ccc(-c4coc(C(C)(C)C)n4)cc3)C2=O)CC1. The van der Waals surface area contributed by atoms with Gasteiger partial charge in [0.25, 0.3) is 0 Å². The maximum atomic E-state index is 13.6. The second kappa shape index (κ2) is 10.1. The molecule has 2 aliphatic rings. The molecule has 3 aromatic rings. The highest BCUT2D eigenvalue weighted by molar-refractivity contribution is 5.96. The van der Waals surface area contributed by atoms with Crippen molar-refractivity contribution in [1.82, 2.24) is 14.9 Å². The number of benzene rings is 1. The number of piperidine rings is 1. The predicted octanol–water partition coefficient (Wildman–Crippen LogP) is 4.77. The first-order valence-electron chi connectivity index (χ1n) is 13.0. The minimum absolute atomic E-state index is 0.0515. The molecule has 5 rings (SSSR count). The average Bonchev–Trinajstić information content (AvgIpc) is 3.38. The van der Waals surface area contributed by atoms with Crippen LogP contribution in [0.4, 0.5) is 11.4 Å². The van der Waals surface area contributed by atoms with Crippen molar-refractivity contribution in [3.05, 3.63) is 60.4 Å². The molecule has 36 heavy (non-hydrogen) atoms. The molecular formula is C29H37N5O2. The Morgan fingerprint density at radius 2 is 1.78 bits per heavy atom. The number of rotatable bonds is 5. The normalized spacial score (nSPS) is 19.7. The Labute approximate surface area is 214 Å². The number of hydrogen-bond donors (Lipinski definition) is 0. The molecule has 4 heterocycles. The molecule has 0 N–H and O–H groups in total. The molecule has 7 heteroatoms. The van der Waals surface area contributed by atoms with Crippen molar-refractivity contribution < 1.29 is 9.21 Å². The Bertz CT molecular complexity index is 1190. The van der Waals surface area contributed by atoms with Crippen LogP contribution in [0.5, 0.6) is 0 Å². The number of anilines is 2. The van der Waals surface area contributed by atoms with Gasteiger partial charge in [0.1, 0.15) is 12.0 Å². The Morgan fingerprint density at radius 3 is 2.47 bits per heavy atom. The van der Waals surface area contributed by atoms with E-state index in [9.17, 15) is 4.79 Å². The molecule has 0 radical (unpaired) electrons. The van der Waals surface area contributed by atoms with Gasteiger partial charge in [-0.2, -0.15) is 0 Å². The van der Waals surface area contributed by atoms with E-state index in [1.165, 1.54) is 5.69 Å². The summed E-state index contributed by atoms with van der Waals surface area (Å²) in [5, 5.41) is 0. The summed E-state index contributed by atoms with van der Waals surface area (Å²) in [7, 11) is 2.16. The molecule has 2 fully saturated rings. The molecule has 1 aromatic carbocycles. The third-order valence-electron chi connectivity index (χ3n) is 7.32. The van der Waals surface area contributed by atoms with E-state index >= 15 is 0 Å². The Kier molecular flexibility index (Phi) is 6.84. The van der Waals surface area contributed by atoms with Gasteiger partial charge in [0.2, 0.25) is 5.91 Å². The zero-order valence-electron chi connectivity index (χ0n) is 21.9. The third kappa shape index (κ3) is 5.16. The summed E-state index contributed by atoms with van der Waals surface area (Å²) in [6.07, 6.45) is 6.15.